The van der Waals surface area contributed by atoms with Gasteiger partial charge in [-0.05, 0) is 0 Å². The Kier molecular flexibility index (Phi) is 2.08. The molecule has 0 aliphatic carbocycles. The van der Waals surface area contributed by atoms with Gasteiger partial charge in [-0.2, -0.15) is 15.2 Å². The molecule has 0 aromatic carbocycles. The van der Waals surface area contributed by atoms with Crippen LogP contribution in [-0.4, -0.2) is 30.9 Å². The van der Waals surface area contributed by atoms with Gasteiger partial charge >= 0.3 is 0 Å². The lowest BCUT2D eigenvalue weighted by atomic mass is 10.3. The normalized spacial score (nSPS) is 10.2. The summed E-state index contributed by atoms with van der Waals surface area (Å²) in [7, 11) is 1.65. The minimum atomic E-state index is -0.377. The summed E-state index contributed by atoms with van der Waals surface area (Å²) in [5, 5.41) is 12.4. The Morgan fingerprint density at radius 2 is 2.47 bits per heavy atom. The van der Waals surface area contributed by atoms with E-state index in [1.807, 2.05) is 0 Å². The molecule has 0 saturated carbocycles. The zero-order valence-electron chi connectivity index (χ0n) is 7.93. The van der Waals surface area contributed by atoms with Crippen LogP contribution in [0.1, 0.15) is 10.4 Å². The minimum absolute atomic E-state index is 0.267. The van der Waals surface area contributed by atoms with E-state index in [1.165, 1.54) is 17.2 Å². The molecular formula is C7H9N7O. The second kappa shape index (κ2) is 3.40. The molecule has 2 heterocycles. The Balaban J connectivity index is 2.19. The summed E-state index contributed by atoms with van der Waals surface area (Å²) >= 11 is 0. The summed E-state index contributed by atoms with van der Waals surface area (Å²) in [6.07, 6.45) is 2.68. The van der Waals surface area contributed by atoms with Crippen LogP contribution in [0.3, 0.4) is 0 Å². The van der Waals surface area contributed by atoms with E-state index in [9.17, 15) is 4.79 Å². The number of nitrogens with one attached hydrogen (secondary N) is 2. The van der Waals surface area contributed by atoms with Gasteiger partial charge in [0.05, 0.1) is 6.20 Å². The molecule has 0 atom stereocenters. The van der Waals surface area contributed by atoms with Crippen LogP contribution in [0.5, 0.6) is 0 Å². The summed E-state index contributed by atoms with van der Waals surface area (Å²) in [5.74, 6) is 0.188. The Morgan fingerprint density at radius 3 is 3.00 bits per heavy atom. The van der Waals surface area contributed by atoms with Crippen molar-refractivity contribution < 1.29 is 4.79 Å². The highest BCUT2D eigenvalue weighted by Crippen LogP contribution is 2.10. The zero-order valence-corrected chi connectivity index (χ0v) is 7.93. The van der Waals surface area contributed by atoms with Crippen molar-refractivity contribution >= 4 is 17.7 Å². The number of amides is 1. The second-order valence-electron chi connectivity index (χ2n) is 2.86. The molecule has 8 nitrogen and oxygen atoms in total. The molecule has 0 fully saturated rings. The molecule has 0 radical (unpaired) electrons. The van der Waals surface area contributed by atoms with E-state index >= 15 is 0 Å². The number of nitrogens with two attached hydrogens (primary N) is 1. The molecule has 78 valence electrons. The molecule has 0 aliphatic rings. The van der Waals surface area contributed by atoms with Crippen molar-refractivity contribution in [2.24, 2.45) is 7.05 Å². The van der Waals surface area contributed by atoms with Crippen molar-refractivity contribution in [1.82, 2.24) is 25.0 Å². The maximum atomic E-state index is 11.6. The molecule has 0 unspecified atom stereocenters. The number of hydrogen-bond donors (Lipinski definition) is 3. The quantitative estimate of drug-likeness (QED) is 0.606. The molecule has 0 aliphatic heterocycles. The van der Waals surface area contributed by atoms with Gasteiger partial charge in [-0.25, -0.2) is 5.10 Å². The summed E-state index contributed by atoms with van der Waals surface area (Å²) in [6.45, 7) is 0. The van der Waals surface area contributed by atoms with Crippen LogP contribution in [0.25, 0.3) is 0 Å². The molecule has 0 bridgehead atoms. The first-order valence-corrected chi connectivity index (χ1v) is 4.12. The van der Waals surface area contributed by atoms with Crippen molar-refractivity contribution in [3.05, 3.63) is 18.1 Å². The van der Waals surface area contributed by atoms with Crippen LogP contribution in [0.2, 0.25) is 0 Å². The minimum Gasteiger partial charge on any atom is -0.383 e. The number of H-pyrrole nitrogens is 1. The Bertz CT molecular complexity index is 471. The van der Waals surface area contributed by atoms with Gasteiger partial charge in [0, 0.05) is 7.05 Å². The fourth-order valence-electron chi connectivity index (χ4n) is 1.06. The van der Waals surface area contributed by atoms with E-state index in [0.717, 1.165) is 0 Å². The number of nitrogen functional groups attached to an aromatic ring is 1. The number of aromatic amines is 1. The average molecular weight is 207 g/mol. The highest BCUT2D eigenvalue weighted by molar-refractivity contribution is 6.06. The van der Waals surface area contributed by atoms with E-state index in [1.54, 1.807) is 7.05 Å². The maximum Gasteiger partial charge on any atom is 0.263 e. The van der Waals surface area contributed by atoms with Gasteiger partial charge in [0.2, 0.25) is 5.95 Å². The van der Waals surface area contributed by atoms with Gasteiger partial charge in [0.1, 0.15) is 17.7 Å². The first-order chi connectivity index (χ1) is 7.18. The number of aryl methyl sites for hydroxylation is 1. The number of anilines is 2. The largest absolute Gasteiger partial charge is 0.383 e. The highest BCUT2D eigenvalue weighted by Gasteiger charge is 2.14. The van der Waals surface area contributed by atoms with Crippen molar-refractivity contribution in [2.75, 3.05) is 11.1 Å². The summed E-state index contributed by atoms with van der Waals surface area (Å²) in [5.41, 5.74) is 5.93. The molecule has 0 saturated heterocycles. The number of hydrogen-bond acceptors (Lipinski definition) is 5. The van der Waals surface area contributed by atoms with Gasteiger partial charge in [0.25, 0.3) is 5.91 Å². The van der Waals surface area contributed by atoms with E-state index in [-0.39, 0.29) is 11.9 Å². The summed E-state index contributed by atoms with van der Waals surface area (Å²) in [4.78, 5) is 15.4. The molecule has 0 spiro atoms. The van der Waals surface area contributed by atoms with Crippen LogP contribution in [0.4, 0.5) is 11.8 Å². The van der Waals surface area contributed by atoms with Crippen molar-refractivity contribution in [3.8, 4) is 0 Å². The van der Waals surface area contributed by atoms with Gasteiger partial charge < -0.3 is 5.73 Å². The number of carbonyl (C=O) groups excluding carboxylic acids is 1. The Morgan fingerprint density at radius 1 is 1.67 bits per heavy atom. The van der Waals surface area contributed by atoms with E-state index in [2.05, 4.69) is 25.6 Å². The number of carbonyl (C=O) groups is 1. The van der Waals surface area contributed by atoms with E-state index < -0.39 is 0 Å². The lowest BCUT2D eigenvalue weighted by molar-refractivity contribution is 0.102. The van der Waals surface area contributed by atoms with E-state index in [4.69, 9.17) is 5.73 Å². The third-order valence-electron chi connectivity index (χ3n) is 1.88. The maximum absolute atomic E-state index is 11.6. The number of nitrogens with zero attached hydrogens (tertiary/aromatic N) is 4. The summed E-state index contributed by atoms with van der Waals surface area (Å²) in [6, 6.07) is 0. The first-order valence-electron chi connectivity index (χ1n) is 4.12. The molecule has 1 amide bonds. The fourth-order valence-corrected chi connectivity index (χ4v) is 1.06. The predicted octanol–water partition coefficient (Wildman–Crippen LogP) is -0.627. The smallest absolute Gasteiger partial charge is 0.263 e. The van der Waals surface area contributed by atoms with Crippen molar-refractivity contribution in [1.29, 1.82) is 0 Å². The molecular weight excluding hydrogens is 198 g/mol. The fraction of sp³-hybridized carbons (Fsp3) is 0.143. The highest BCUT2D eigenvalue weighted by atomic mass is 16.1. The molecule has 8 heteroatoms. The SMILES string of the molecule is Cn1ncc(C(=O)Nc2ncn[nH]2)c1N. The molecule has 4 N–H and O–H groups in total. The topological polar surface area (TPSA) is 115 Å². The molecule has 2 aromatic heterocycles. The number of aromatic nitrogens is 5. The molecule has 2 rings (SSSR count). The summed E-state index contributed by atoms with van der Waals surface area (Å²) < 4.78 is 1.41. The van der Waals surface area contributed by atoms with Crippen molar-refractivity contribution in [2.45, 2.75) is 0 Å². The Labute approximate surface area is 84.5 Å². The molecule has 2 aromatic rings. The third kappa shape index (κ3) is 1.64. The number of rotatable bonds is 2. The van der Waals surface area contributed by atoms with Crippen LogP contribution >= 0.6 is 0 Å². The monoisotopic (exact) mass is 207 g/mol. The van der Waals surface area contributed by atoms with Crippen LogP contribution in [-0.2, 0) is 7.05 Å². The first kappa shape index (κ1) is 9.19. The van der Waals surface area contributed by atoms with Crippen molar-refractivity contribution in [3.63, 3.8) is 0 Å². The molecule has 15 heavy (non-hydrogen) atoms. The standard InChI is InChI=1S/C7H9N7O/c1-14-5(8)4(2-11-14)6(15)12-7-9-3-10-13-7/h2-3H,8H2,1H3,(H2,9,10,12,13,15). The average Bonchev–Trinajstić information content (AvgIpc) is 2.79. The third-order valence-corrected chi connectivity index (χ3v) is 1.88. The van der Waals surface area contributed by atoms with Gasteiger partial charge in [-0.1, -0.05) is 0 Å². The van der Waals surface area contributed by atoms with Crippen LogP contribution in [0, 0.1) is 0 Å². The van der Waals surface area contributed by atoms with Gasteiger partial charge in [-0.15, -0.1) is 0 Å². The lowest BCUT2D eigenvalue weighted by Gasteiger charge is -2.00. The van der Waals surface area contributed by atoms with Crippen LogP contribution < -0.4 is 11.1 Å². The Hall–Kier alpha value is -2.38. The van der Waals surface area contributed by atoms with Crippen LogP contribution in [0.15, 0.2) is 12.5 Å². The lowest BCUT2D eigenvalue weighted by Crippen LogP contribution is -2.14. The predicted molar refractivity (Wildman–Crippen MR) is 52.0 cm³/mol. The van der Waals surface area contributed by atoms with Gasteiger partial charge in [0.15, 0.2) is 0 Å². The van der Waals surface area contributed by atoms with Gasteiger partial charge in [-0.3, -0.25) is 14.8 Å². The zero-order chi connectivity index (χ0) is 10.8. The van der Waals surface area contributed by atoms with E-state index in [0.29, 0.717) is 11.4 Å². The second-order valence-corrected chi connectivity index (χ2v) is 2.86.